The third-order valence-electron chi connectivity index (χ3n) is 15.1. The lowest BCUT2D eigenvalue weighted by atomic mass is 9.86. The van der Waals surface area contributed by atoms with Crippen LogP contribution in [0.3, 0.4) is 0 Å². The van der Waals surface area contributed by atoms with Crippen LogP contribution in [-0.2, 0) is 0 Å². The van der Waals surface area contributed by atoms with Crippen LogP contribution in [0.2, 0.25) is 0 Å². The SMILES string of the molecule is Cc1cc(-c2ccc3c(c2)c2cc(-c4ccc(N(c5ccccc5)c5ccccc5)cc4)ccc2n3-c2ccc(-c3c4ccccc4c(-c4ccccc4)c4ccccc34)cc2)ccc1-c1ccccc1C(C)C. The Morgan fingerprint density at radius 3 is 1.24 bits per heavy atom. The second kappa shape index (κ2) is 18.7. The van der Waals surface area contributed by atoms with Crippen molar-refractivity contribution in [2.24, 2.45) is 0 Å². The number of hydrogen-bond acceptors (Lipinski definition) is 1. The quantitative estimate of drug-likeness (QED) is 0.124. The molecular formula is C72H54N2. The van der Waals surface area contributed by atoms with Crippen molar-refractivity contribution in [2.75, 3.05) is 4.90 Å². The summed E-state index contributed by atoms with van der Waals surface area (Å²) in [6.07, 6.45) is 0. The van der Waals surface area contributed by atoms with E-state index in [0.29, 0.717) is 5.92 Å². The van der Waals surface area contributed by atoms with Crippen molar-refractivity contribution in [2.45, 2.75) is 26.7 Å². The van der Waals surface area contributed by atoms with Crippen LogP contribution in [0.1, 0.15) is 30.9 Å². The van der Waals surface area contributed by atoms with E-state index in [1.807, 2.05) is 0 Å². The predicted octanol–water partition coefficient (Wildman–Crippen LogP) is 20.3. The monoisotopic (exact) mass is 946 g/mol. The highest BCUT2D eigenvalue weighted by Gasteiger charge is 2.20. The predicted molar refractivity (Wildman–Crippen MR) is 316 cm³/mol. The zero-order valence-corrected chi connectivity index (χ0v) is 41.9. The molecule has 352 valence electrons. The summed E-state index contributed by atoms with van der Waals surface area (Å²) in [6.45, 7) is 6.81. The van der Waals surface area contributed by atoms with Crippen LogP contribution in [0.15, 0.2) is 267 Å². The Balaban J connectivity index is 0.945. The van der Waals surface area contributed by atoms with Gasteiger partial charge in [-0.15, -0.1) is 0 Å². The summed E-state index contributed by atoms with van der Waals surface area (Å²) in [5, 5.41) is 7.46. The van der Waals surface area contributed by atoms with Crippen molar-refractivity contribution in [1.82, 2.24) is 4.57 Å². The Hall–Kier alpha value is -9.24. The molecular weight excluding hydrogens is 893 g/mol. The molecule has 2 heteroatoms. The van der Waals surface area contributed by atoms with Gasteiger partial charge in [-0.05, 0) is 174 Å². The first-order valence-corrected chi connectivity index (χ1v) is 25.9. The van der Waals surface area contributed by atoms with E-state index in [9.17, 15) is 0 Å². The largest absolute Gasteiger partial charge is 0.311 e. The summed E-state index contributed by atoms with van der Waals surface area (Å²) in [5.74, 6) is 0.438. The van der Waals surface area contributed by atoms with Crippen LogP contribution in [0.4, 0.5) is 17.1 Å². The number of aryl methyl sites for hydroxylation is 1. The van der Waals surface area contributed by atoms with Gasteiger partial charge in [-0.2, -0.15) is 0 Å². The number of anilines is 3. The summed E-state index contributed by atoms with van der Waals surface area (Å²) >= 11 is 0. The van der Waals surface area contributed by atoms with E-state index in [2.05, 4.69) is 297 Å². The minimum atomic E-state index is 0.438. The standard InChI is InChI=1S/C72H54N2/c1-48(2)60-25-13-14-26-62(60)61-42-35-53(45-49(61)3)55-37-44-70-68(47-55)67-46-54(50-31-38-58(39-32-50)73(56-21-9-5-10-22-56)57-23-11-6-12-24-57)36-43-69(67)74(70)59-40-33-52(34-41-59)72-65-29-17-15-27-63(65)71(51-19-7-4-8-20-51)64-28-16-18-30-66(64)72/h4-48H,1-3H3. The van der Waals surface area contributed by atoms with Gasteiger partial charge in [0.05, 0.1) is 11.0 Å². The van der Waals surface area contributed by atoms with Crippen LogP contribution in [0.25, 0.3) is 105 Å². The number of hydrogen-bond donors (Lipinski definition) is 0. The van der Waals surface area contributed by atoms with Crippen molar-refractivity contribution in [3.63, 3.8) is 0 Å². The number of para-hydroxylation sites is 2. The summed E-state index contributed by atoms with van der Waals surface area (Å²) in [4.78, 5) is 2.31. The topological polar surface area (TPSA) is 8.17 Å². The van der Waals surface area contributed by atoms with E-state index in [4.69, 9.17) is 0 Å². The fourth-order valence-corrected chi connectivity index (χ4v) is 11.6. The molecule has 0 radical (unpaired) electrons. The first-order valence-electron chi connectivity index (χ1n) is 25.9. The second-order valence-corrected chi connectivity index (χ2v) is 19.9. The molecule has 74 heavy (non-hydrogen) atoms. The normalized spacial score (nSPS) is 11.6. The lowest BCUT2D eigenvalue weighted by Gasteiger charge is -2.25. The molecule has 0 unspecified atom stereocenters. The van der Waals surface area contributed by atoms with Crippen LogP contribution in [0.5, 0.6) is 0 Å². The molecule has 0 spiro atoms. The van der Waals surface area contributed by atoms with E-state index in [-0.39, 0.29) is 0 Å². The molecule has 0 aliphatic rings. The highest BCUT2D eigenvalue weighted by atomic mass is 15.1. The lowest BCUT2D eigenvalue weighted by Crippen LogP contribution is -2.09. The Bertz CT molecular complexity index is 4090. The summed E-state index contributed by atoms with van der Waals surface area (Å²) in [7, 11) is 0. The lowest BCUT2D eigenvalue weighted by molar-refractivity contribution is 0.869. The van der Waals surface area contributed by atoms with Gasteiger partial charge in [-0.25, -0.2) is 0 Å². The average Bonchev–Trinajstić information content (AvgIpc) is 3.79. The summed E-state index contributed by atoms with van der Waals surface area (Å²) in [6, 6.07) is 98.0. The Morgan fingerprint density at radius 1 is 0.311 bits per heavy atom. The third-order valence-corrected chi connectivity index (χ3v) is 15.1. The first-order chi connectivity index (χ1) is 36.5. The van der Waals surface area contributed by atoms with Crippen LogP contribution in [0, 0.1) is 6.92 Å². The Labute approximate surface area is 433 Å². The molecule has 1 aromatic heterocycles. The van der Waals surface area contributed by atoms with Gasteiger partial charge in [0.15, 0.2) is 0 Å². The zero-order valence-electron chi connectivity index (χ0n) is 41.9. The first kappa shape index (κ1) is 44.7. The van der Waals surface area contributed by atoms with Gasteiger partial charge in [-0.1, -0.05) is 208 Å². The minimum absolute atomic E-state index is 0.438. The Kier molecular flexibility index (Phi) is 11.3. The van der Waals surface area contributed by atoms with E-state index < -0.39 is 0 Å². The summed E-state index contributed by atoms with van der Waals surface area (Å²) < 4.78 is 2.45. The molecule has 0 fully saturated rings. The molecule has 0 aliphatic heterocycles. The molecule has 0 amide bonds. The van der Waals surface area contributed by atoms with Gasteiger partial charge in [0.1, 0.15) is 0 Å². The molecule has 2 nitrogen and oxygen atoms in total. The number of aromatic nitrogens is 1. The van der Waals surface area contributed by atoms with Gasteiger partial charge in [-0.3, -0.25) is 0 Å². The van der Waals surface area contributed by atoms with Gasteiger partial charge in [0, 0.05) is 33.5 Å². The van der Waals surface area contributed by atoms with Crippen LogP contribution >= 0.6 is 0 Å². The van der Waals surface area contributed by atoms with E-state index in [1.54, 1.807) is 0 Å². The molecule has 13 aromatic rings. The third kappa shape index (κ3) is 7.84. The van der Waals surface area contributed by atoms with Crippen LogP contribution in [-0.4, -0.2) is 4.57 Å². The number of fused-ring (bicyclic) bond motifs is 5. The molecule has 13 rings (SSSR count). The fraction of sp³-hybridized carbons (Fsp3) is 0.0556. The molecule has 0 atom stereocenters. The van der Waals surface area contributed by atoms with Crippen molar-refractivity contribution in [1.29, 1.82) is 0 Å². The zero-order chi connectivity index (χ0) is 49.7. The van der Waals surface area contributed by atoms with Crippen molar-refractivity contribution < 1.29 is 0 Å². The molecule has 1 heterocycles. The highest BCUT2D eigenvalue weighted by molar-refractivity contribution is 6.21. The molecule has 0 saturated heterocycles. The minimum Gasteiger partial charge on any atom is -0.311 e. The van der Waals surface area contributed by atoms with Gasteiger partial charge < -0.3 is 9.47 Å². The molecule has 0 N–H and O–H groups in total. The maximum atomic E-state index is 2.45. The number of benzene rings is 12. The second-order valence-electron chi connectivity index (χ2n) is 19.9. The van der Waals surface area contributed by atoms with Gasteiger partial charge in [0.25, 0.3) is 0 Å². The van der Waals surface area contributed by atoms with E-state index in [1.165, 1.54) is 110 Å². The Morgan fingerprint density at radius 2 is 0.716 bits per heavy atom. The molecule has 0 bridgehead atoms. The fourth-order valence-electron chi connectivity index (χ4n) is 11.6. The molecule has 12 aromatic carbocycles. The maximum Gasteiger partial charge on any atom is 0.0541 e. The molecule has 0 saturated carbocycles. The van der Waals surface area contributed by atoms with Crippen molar-refractivity contribution >= 4 is 60.4 Å². The van der Waals surface area contributed by atoms with Crippen LogP contribution < -0.4 is 4.90 Å². The van der Waals surface area contributed by atoms with Gasteiger partial charge >= 0.3 is 0 Å². The number of rotatable bonds is 10. The van der Waals surface area contributed by atoms with E-state index in [0.717, 1.165) is 22.7 Å². The smallest absolute Gasteiger partial charge is 0.0541 e. The van der Waals surface area contributed by atoms with Crippen molar-refractivity contribution in [3.05, 3.63) is 278 Å². The van der Waals surface area contributed by atoms with E-state index >= 15 is 0 Å². The average molecular weight is 947 g/mol. The van der Waals surface area contributed by atoms with Crippen molar-refractivity contribution in [3.8, 4) is 61.3 Å². The highest BCUT2D eigenvalue weighted by Crippen LogP contribution is 2.45. The summed E-state index contributed by atoms with van der Waals surface area (Å²) in [5.41, 5.74) is 21.8. The molecule has 0 aliphatic carbocycles. The van der Waals surface area contributed by atoms with Gasteiger partial charge in [0.2, 0.25) is 0 Å². The number of nitrogens with zero attached hydrogens (tertiary/aromatic N) is 2. The maximum absolute atomic E-state index is 2.45.